The lowest BCUT2D eigenvalue weighted by Crippen LogP contribution is -2.34. The molecular formula is C14H16F4N4O2. The van der Waals surface area contributed by atoms with Crippen LogP contribution in [-0.2, 0) is 6.54 Å². The molecule has 1 heterocycles. The minimum atomic E-state index is -4.63. The summed E-state index contributed by atoms with van der Waals surface area (Å²) in [7, 11) is 4.57. The van der Waals surface area contributed by atoms with Crippen LogP contribution in [0.5, 0.6) is 5.75 Å². The molecule has 1 aromatic heterocycles. The van der Waals surface area contributed by atoms with Gasteiger partial charge in [0.2, 0.25) is 5.89 Å². The van der Waals surface area contributed by atoms with E-state index in [0.29, 0.717) is 0 Å². The van der Waals surface area contributed by atoms with Gasteiger partial charge in [0.1, 0.15) is 6.04 Å². The second-order valence-corrected chi connectivity index (χ2v) is 5.13. The van der Waals surface area contributed by atoms with Crippen molar-refractivity contribution in [2.75, 3.05) is 26.1 Å². The van der Waals surface area contributed by atoms with Gasteiger partial charge < -0.3 is 14.2 Å². The van der Waals surface area contributed by atoms with Crippen LogP contribution in [0.3, 0.4) is 0 Å². The van der Waals surface area contributed by atoms with Gasteiger partial charge in [-0.15, -0.1) is 0 Å². The molecule has 0 amide bonds. The fraction of sp³-hybridized carbons (Fsp3) is 0.429. The lowest BCUT2D eigenvalue weighted by molar-refractivity contribution is -0.158. The molecular weight excluding hydrogens is 332 g/mol. The van der Waals surface area contributed by atoms with E-state index >= 15 is 0 Å². The molecule has 0 bridgehead atoms. The number of hydrogen-bond acceptors (Lipinski definition) is 6. The topological polar surface area (TPSA) is 63.4 Å². The highest BCUT2D eigenvalue weighted by atomic mass is 19.4. The van der Waals surface area contributed by atoms with Gasteiger partial charge in [-0.25, -0.2) is 4.39 Å². The quantitative estimate of drug-likeness (QED) is 0.810. The summed E-state index contributed by atoms with van der Waals surface area (Å²) in [6.07, 6.45) is -4.63. The van der Waals surface area contributed by atoms with Crippen LogP contribution in [-0.4, -0.2) is 37.5 Å². The van der Waals surface area contributed by atoms with E-state index in [2.05, 4.69) is 15.5 Å². The Morgan fingerprint density at radius 3 is 2.54 bits per heavy atom. The molecule has 0 aliphatic carbocycles. The number of methoxy groups -OCH3 is 1. The van der Waals surface area contributed by atoms with Crippen molar-refractivity contribution in [2.45, 2.75) is 18.8 Å². The third-order valence-corrected chi connectivity index (χ3v) is 3.15. The Morgan fingerprint density at radius 1 is 1.33 bits per heavy atom. The number of hydrogen-bond donors (Lipinski definition) is 1. The summed E-state index contributed by atoms with van der Waals surface area (Å²) >= 11 is 0. The van der Waals surface area contributed by atoms with Crippen LogP contribution >= 0.6 is 0 Å². The Morgan fingerprint density at radius 2 is 2.04 bits per heavy atom. The maximum absolute atomic E-state index is 13.7. The third kappa shape index (κ3) is 4.13. The van der Waals surface area contributed by atoms with E-state index in [-0.39, 0.29) is 29.7 Å². The maximum Gasteiger partial charge on any atom is 0.407 e. The van der Waals surface area contributed by atoms with Crippen LogP contribution in [0, 0.1) is 5.82 Å². The number of halogens is 4. The predicted molar refractivity (Wildman–Crippen MR) is 77.2 cm³/mol. The Bertz CT molecular complexity index is 688. The van der Waals surface area contributed by atoms with Gasteiger partial charge in [-0.2, -0.15) is 18.2 Å². The van der Waals surface area contributed by atoms with Gasteiger partial charge in [0.05, 0.1) is 13.7 Å². The molecule has 1 atom stereocenters. The lowest BCUT2D eigenvalue weighted by Gasteiger charge is -2.21. The van der Waals surface area contributed by atoms with Gasteiger partial charge in [0.15, 0.2) is 11.6 Å². The summed E-state index contributed by atoms with van der Waals surface area (Å²) in [6, 6.07) is 0.976. The molecule has 10 heteroatoms. The molecule has 132 valence electrons. The van der Waals surface area contributed by atoms with Gasteiger partial charge in [0.25, 0.3) is 5.95 Å². The van der Waals surface area contributed by atoms with Crippen LogP contribution in [0.25, 0.3) is 0 Å². The average molecular weight is 348 g/mol. The second kappa shape index (κ2) is 7.04. The molecule has 1 N–H and O–H groups in total. The summed E-state index contributed by atoms with van der Waals surface area (Å²) < 4.78 is 63.0. The molecule has 0 fully saturated rings. The molecule has 24 heavy (non-hydrogen) atoms. The molecule has 2 aromatic rings. The molecule has 1 aromatic carbocycles. The van der Waals surface area contributed by atoms with Crippen LogP contribution in [0.2, 0.25) is 0 Å². The van der Waals surface area contributed by atoms with Crippen molar-refractivity contribution >= 4 is 5.95 Å². The molecule has 0 radical (unpaired) electrons. The molecule has 0 saturated carbocycles. The Labute approximate surface area is 135 Å². The number of rotatable bonds is 6. The van der Waals surface area contributed by atoms with E-state index in [1.807, 2.05) is 0 Å². The Hall–Kier alpha value is -2.36. The predicted octanol–water partition coefficient (Wildman–Crippen LogP) is 2.68. The minimum absolute atomic E-state index is 0.0121. The first-order valence-electron chi connectivity index (χ1n) is 6.86. The fourth-order valence-electron chi connectivity index (χ4n) is 1.97. The SMILES string of the molecule is COc1ccc([C@H](NCc2nc(N(C)C)no2)C(F)(F)F)cc1F. The minimum Gasteiger partial charge on any atom is -0.494 e. The number of nitrogens with one attached hydrogen (secondary N) is 1. The smallest absolute Gasteiger partial charge is 0.407 e. The summed E-state index contributed by atoms with van der Waals surface area (Å²) in [4.78, 5) is 5.48. The molecule has 6 nitrogen and oxygen atoms in total. The first kappa shape index (κ1) is 18.0. The Balaban J connectivity index is 2.18. The first-order chi connectivity index (χ1) is 11.2. The summed E-state index contributed by atoms with van der Waals surface area (Å²) in [5, 5.41) is 5.87. The van der Waals surface area contributed by atoms with Crippen molar-refractivity contribution < 1.29 is 26.8 Å². The van der Waals surface area contributed by atoms with E-state index < -0.39 is 18.0 Å². The van der Waals surface area contributed by atoms with E-state index in [0.717, 1.165) is 18.2 Å². The summed E-state index contributed by atoms with van der Waals surface area (Å²) in [5.74, 6) is -0.779. The van der Waals surface area contributed by atoms with E-state index in [4.69, 9.17) is 9.26 Å². The number of alkyl halides is 3. The molecule has 0 unspecified atom stereocenters. The number of benzene rings is 1. The van der Waals surface area contributed by atoms with Gasteiger partial charge in [0, 0.05) is 14.1 Å². The summed E-state index contributed by atoms with van der Waals surface area (Å²) in [6.45, 7) is -0.321. The van der Waals surface area contributed by atoms with Crippen LogP contribution < -0.4 is 15.0 Å². The normalized spacial score (nSPS) is 13.0. The van der Waals surface area contributed by atoms with Crippen molar-refractivity contribution in [1.82, 2.24) is 15.5 Å². The number of anilines is 1. The third-order valence-electron chi connectivity index (χ3n) is 3.15. The zero-order chi connectivity index (χ0) is 17.9. The monoisotopic (exact) mass is 348 g/mol. The van der Waals surface area contributed by atoms with Gasteiger partial charge in [-0.1, -0.05) is 6.07 Å². The lowest BCUT2D eigenvalue weighted by atomic mass is 10.1. The Kier molecular flexibility index (Phi) is 5.27. The van der Waals surface area contributed by atoms with E-state index in [9.17, 15) is 17.6 Å². The zero-order valence-electron chi connectivity index (χ0n) is 13.2. The van der Waals surface area contributed by atoms with Crippen molar-refractivity contribution in [2.24, 2.45) is 0 Å². The highest BCUT2D eigenvalue weighted by molar-refractivity contribution is 5.31. The van der Waals surface area contributed by atoms with E-state index in [1.165, 1.54) is 7.11 Å². The highest BCUT2D eigenvalue weighted by Crippen LogP contribution is 2.34. The number of aromatic nitrogens is 2. The number of ether oxygens (including phenoxy) is 1. The maximum atomic E-state index is 13.7. The van der Waals surface area contributed by atoms with Crippen molar-refractivity contribution in [1.29, 1.82) is 0 Å². The molecule has 0 spiro atoms. The molecule has 2 rings (SSSR count). The van der Waals surface area contributed by atoms with Crippen molar-refractivity contribution in [3.8, 4) is 5.75 Å². The van der Waals surface area contributed by atoms with Gasteiger partial charge in [-0.3, -0.25) is 5.32 Å². The van der Waals surface area contributed by atoms with Crippen LogP contribution in [0.4, 0.5) is 23.5 Å². The molecule has 0 aliphatic rings. The average Bonchev–Trinajstić information content (AvgIpc) is 2.95. The standard InChI is InChI=1S/C14H16F4N4O2/c1-22(2)13-20-11(24-21-13)7-19-12(14(16,17)18)8-4-5-10(23-3)9(15)6-8/h4-6,12,19H,7H2,1-3H3/t12-/m0/s1. The largest absolute Gasteiger partial charge is 0.494 e. The first-order valence-corrected chi connectivity index (χ1v) is 6.86. The van der Waals surface area contributed by atoms with Crippen molar-refractivity contribution in [3.05, 3.63) is 35.5 Å². The van der Waals surface area contributed by atoms with E-state index in [1.54, 1.807) is 19.0 Å². The molecule has 0 aliphatic heterocycles. The van der Waals surface area contributed by atoms with Crippen LogP contribution in [0.1, 0.15) is 17.5 Å². The zero-order valence-corrected chi connectivity index (χ0v) is 13.2. The highest BCUT2D eigenvalue weighted by Gasteiger charge is 2.41. The van der Waals surface area contributed by atoms with Gasteiger partial charge in [-0.05, 0) is 22.9 Å². The molecule has 0 saturated heterocycles. The fourth-order valence-corrected chi connectivity index (χ4v) is 1.97. The van der Waals surface area contributed by atoms with Gasteiger partial charge >= 0.3 is 6.18 Å². The number of nitrogens with zero attached hydrogens (tertiary/aromatic N) is 3. The second-order valence-electron chi connectivity index (χ2n) is 5.13. The van der Waals surface area contributed by atoms with Crippen molar-refractivity contribution in [3.63, 3.8) is 0 Å². The summed E-state index contributed by atoms with van der Waals surface area (Å²) in [5.41, 5.74) is -0.284. The van der Waals surface area contributed by atoms with Crippen LogP contribution in [0.15, 0.2) is 22.7 Å².